The lowest BCUT2D eigenvalue weighted by Crippen LogP contribution is -2.15. The Morgan fingerprint density at radius 3 is 2.30 bits per heavy atom. The van der Waals surface area contributed by atoms with E-state index in [-0.39, 0.29) is 18.0 Å². The molecule has 0 saturated heterocycles. The summed E-state index contributed by atoms with van der Waals surface area (Å²) in [7, 11) is 2.72. The minimum absolute atomic E-state index is 0.0323. The molecule has 0 aliphatic rings. The molecule has 0 aromatic heterocycles. The Labute approximate surface area is 133 Å². The van der Waals surface area contributed by atoms with E-state index in [1.165, 1.54) is 7.11 Å². The van der Waals surface area contributed by atoms with Gasteiger partial charge in [0.05, 0.1) is 20.6 Å². The Balaban J connectivity index is 2.11. The molecule has 0 saturated carbocycles. The molecule has 122 valence electrons. The lowest BCUT2D eigenvalue weighted by atomic mass is 10.1. The molecule has 0 spiro atoms. The van der Waals surface area contributed by atoms with E-state index in [0.29, 0.717) is 5.75 Å². The molecule has 1 N–H and O–H groups in total. The standard InChI is InChI=1S/C17H17F2NO3/c1-10-4-5-11(6-15(10)22-2)7-16(21)20-12-8-13(18)17(23-3)14(19)9-12/h4-6,8-9H,7H2,1-3H3,(H,20,21). The third-order valence-corrected chi connectivity index (χ3v) is 3.32. The molecule has 0 bridgehead atoms. The first kappa shape index (κ1) is 16.7. The van der Waals surface area contributed by atoms with Crippen molar-refractivity contribution in [3.63, 3.8) is 0 Å². The third kappa shape index (κ3) is 3.97. The van der Waals surface area contributed by atoms with E-state index in [2.05, 4.69) is 10.1 Å². The quantitative estimate of drug-likeness (QED) is 0.917. The molecule has 0 aliphatic carbocycles. The van der Waals surface area contributed by atoms with Crippen molar-refractivity contribution < 1.29 is 23.0 Å². The molecule has 2 aromatic carbocycles. The zero-order chi connectivity index (χ0) is 17.0. The fourth-order valence-corrected chi connectivity index (χ4v) is 2.19. The first-order valence-corrected chi connectivity index (χ1v) is 6.91. The van der Waals surface area contributed by atoms with Crippen LogP contribution in [0.1, 0.15) is 11.1 Å². The van der Waals surface area contributed by atoms with Crippen molar-refractivity contribution in [2.24, 2.45) is 0 Å². The van der Waals surface area contributed by atoms with Crippen LogP contribution in [0.25, 0.3) is 0 Å². The zero-order valence-electron chi connectivity index (χ0n) is 13.1. The van der Waals surface area contributed by atoms with Gasteiger partial charge in [-0.25, -0.2) is 8.78 Å². The summed E-state index contributed by atoms with van der Waals surface area (Å²) in [4.78, 5) is 12.0. The van der Waals surface area contributed by atoms with Gasteiger partial charge < -0.3 is 14.8 Å². The second-order valence-corrected chi connectivity index (χ2v) is 5.00. The molecule has 23 heavy (non-hydrogen) atoms. The minimum atomic E-state index is -0.875. The number of hydrogen-bond donors (Lipinski definition) is 1. The summed E-state index contributed by atoms with van der Waals surface area (Å²) < 4.78 is 37.0. The van der Waals surface area contributed by atoms with Crippen LogP contribution >= 0.6 is 0 Å². The fraction of sp³-hybridized carbons (Fsp3) is 0.235. The number of methoxy groups -OCH3 is 2. The number of hydrogen-bond acceptors (Lipinski definition) is 3. The molecule has 2 rings (SSSR count). The number of halogens is 2. The van der Waals surface area contributed by atoms with Gasteiger partial charge in [0, 0.05) is 17.8 Å². The average Bonchev–Trinajstić information content (AvgIpc) is 2.48. The third-order valence-electron chi connectivity index (χ3n) is 3.32. The van der Waals surface area contributed by atoms with Crippen LogP contribution in [0.3, 0.4) is 0 Å². The molecule has 0 aliphatic heterocycles. The SMILES string of the molecule is COc1cc(CC(=O)Nc2cc(F)c(OC)c(F)c2)ccc1C. The van der Waals surface area contributed by atoms with Crippen LogP contribution < -0.4 is 14.8 Å². The van der Waals surface area contributed by atoms with Crippen molar-refractivity contribution in [3.8, 4) is 11.5 Å². The van der Waals surface area contributed by atoms with E-state index >= 15 is 0 Å². The van der Waals surface area contributed by atoms with E-state index in [9.17, 15) is 13.6 Å². The maximum absolute atomic E-state index is 13.6. The van der Waals surface area contributed by atoms with Crippen LogP contribution in [0.4, 0.5) is 14.5 Å². The Morgan fingerprint density at radius 2 is 1.74 bits per heavy atom. The Hall–Kier alpha value is -2.63. The smallest absolute Gasteiger partial charge is 0.228 e. The molecule has 0 radical (unpaired) electrons. The van der Waals surface area contributed by atoms with Gasteiger partial charge in [0.1, 0.15) is 5.75 Å². The molecule has 0 unspecified atom stereocenters. The highest BCUT2D eigenvalue weighted by atomic mass is 19.1. The van der Waals surface area contributed by atoms with Crippen molar-refractivity contribution in [1.29, 1.82) is 0 Å². The van der Waals surface area contributed by atoms with Crippen LogP contribution in [-0.4, -0.2) is 20.1 Å². The summed E-state index contributed by atoms with van der Waals surface area (Å²) in [5.41, 5.74) is 1.72. The monoisotopic (exact) mass is 321 g/mol. The van der Waals surface area contributed by atoms with E-state index < -0.39 is 17.4 Å². The van der Waals surface area contributed by atoms with E-state index in [0.717, 1.165) is 23.3 Å². The van der Waals surface area contributed by atoms with Gasteiger partial charge in [-0.15, -0.1) is 0 Å². The van der Waals surface area contributed by atoms with Crippen LogP contribution in [0.5, 0.6) is 11.5 Å². The first-order chi connectivity index (χ1) is 10.9. The number of nitrogens with one attached hydrogen (secondary N) is 1. The highest BCUT2D eigenvalue weighted by Gasteiger charge is 2.13. The highest BCUT2D eigenvalue weighted by molar-refractivity contribution is 5.92. The predicted molar refractivity (Wildman–Crippen MR) is 83.0 cm³/mol. The molecule has 0 atom stereocenters. The van der Waals surface area contributed by atoms with Crippen LogP contribution in [0.15, 0.2) is 30.3 Å². The molecule has 4 nitrogen and oxygen atoms in total. The molecular weight excluding hydrogens is 304 g/mol. The Kier molecular flexibility index (Phi) is 5.16. The van der Waals surface area contributed by atoms with Crippen LogP contribution in [0.2, 0.25) is 0 Å². The molecular formula is C17H17F2NO3. The molecule has 2 aromatic rings. The van der Waals surface area contributed by atoms with Gasteiger partial charge in [-0.2, -0.15) is 0 Å². The second-order valence-electron chi connectivity index (χ2n) is 5.00. The van der Waals surface area contributed by atoms with E-state index in [4.69, 9.17) is 4.74 Å². The van der Waals surface area contributed by atoms with Gasteiger partial charge in [-0.05, 0) is 24.1 Å². The maximum atomic E-state index is 13.6. The van der Waals surface area contributed by atoms with Crippen molar-refractivity contribution in [1.82, 2.24) is 0 Å². The van der Waals surface area contributed by atoms with Gasteiger partial charge >= 0.3 is 0 Å². The van der Waals surface area contributed by atoms with Gasteiger partial charge in [0.25, 0.3) is 0 Å². The lowest BCUT2D eigenvalue weighted by Gasteiger charge is -2.10. The number of carbonyl (C=O) groups is 1. The number of anilines is 1. The normalized spacial score (nSPS) is 10.3. The second kappa shape index (κ2) is 7.09. The van der Waals surface area contributed by atoms with Crippen LogP contribution in [-0.2, 0) is 11.2 Å². The van der Waals surface area contributed by atoms with Crippen molar-refractivity contribution in [3.05, 3.63) is 53.1 Å². The fourth-order valence-electron chi connectivity index (χ4n) is 2.19. The van der Waals surface area contributed by atoms with E-state index in [1.807, 2.05) is 13.0 Å². The average molecular weight is 321 g/mol. The number of benzene rings is 2. The molecule has 0 heterocycles. The highest BCUT2D eigenvalue weighted by Crippen LogP contribution is 2.25. The number of carbonyl (C=O) groups excluding carboxylic acids is 1. The van der Waals surface area contributed by atoms with Gasteiger partial charge in [-0.3, -0.25) is 4.79 Å². The number of aryl methyl sites for hydroxylation is 1. The zero-order valence-corrected chi connectivity index (χ0v) is 13.1. The minimum Gasteiger partial charge on any atom is -0.496 e. The molecule has 0 fully saturated rings. The topological polar surface area (TPSA) is 47.6 Å². The van der Waals surface area contributed by atoms with Crippen molar-refractivity contribution in [2.75, 3.05) is 19.5 Å². The van der Waals surface area contributed by atoms with Gasteiger partial charge in [0.2, 0.25) is 5.91 Å². The van der Waals surface area contributed by atoms with E-state index in [1.54, 1.807) is 19.2 Å². The van der Waals surface area contributed by atoms with Crippen LogP contribution in [0, 0.1) is 18.6 Å². The summed E-state index contributed by atoms with van der Waals surface area (Å²) in [6.45, 7) is 1.89. The lowest BCUT2D eigenvalue weighted by molar-refractivity contribution is -0.115. The summed E-state index contributed by atoms with van der Waals surface area (Å²) in [5, 5.41) is 2.46. The van der Waals surface area contributed by atoms with Gasteiger partial charge in [-0.1, -0.05) is 12.1 Å². The summed E-state index contributed by atoms with van der Waals surface area (Å²) in [6.07, 6.45) is 0.0614. The number of ether oxygens (including phenoxy) is 2. The van der Waals surface area contributed by atoms with Crippen molar-refractivity contribution >= 4 is 11.6 Å². The number of amides is 1. The van der Waals surface area contributed by atoms with Crippen molar-refractivity contribution in [2.45, 2.75) is 13.3 Å². The summed E-state index contributed by atoms with van der Waals surface area (Å²) in [6, 6.07) is 7.41. The molecule has 1 amide bonds. The largest absolute Gasteiger partial charge is 0.496 e. The Morgan fingerprint density at radius 1 is 1.09 bits per heavy atom. The van der Waals surface area contributed by atoms with Gasteiger partial charge in [0.15, 0.2) is 17.4 Å². The summed E-state index contributed by atoms with van der Waals surface area (Å²) in [5.74, 6) is -1.94. The summed E-state index contributed by atoms with van der Waals surface area (Å²) >= 11 is 0. The maximum Gasteiger partial charge on any atom is 0.228 e. The molecule has 6 heteroatoms. The first-order valence-electron chi connectivity index (χ1n) is 6.91. The predicted octanol–water partition coefficient (Wildman–Crippen LogP) is 3.47. The number of rotatable bonds is 5. The Bertz CT molecular complexity index is 709.